The number of hydrogen-bond acceptors (Lipinski definition) is 6. The molecule has 2 heterocycles. The molecule has 3 aromatic rings. The smallest absolute Gasteiger partial charge is 0.406 e. The van der Waals surface area contributed by atoms with E-state index in [0.717, 1.165) is 42.8 Å². The van der Waals surface area contributed by atoms with Crippen molar-refractivity contribution < 1.29 is 27.0 Å². The Morgan fingerprint density at radius 3 is 2.40 bits per heavy atom. The van der Waals surface area contributed by atoms with Crippen molar-refractivity contribution >= 4 is 22.4 Å². The highest BCUT2D eigenvalue weighted by atomic mass is 19.4. The first kappa shape index (κ1) is 28.6. The molecule has 0 atom stereocenters. The van der Waals surface area contributed by atoms with E-state index in [0.29, 0.717) is 33.5 Å². The van der Waals surface area contributed by atoms with Crippen LogP contribution in [0.5, 0.6) is 5.75 Å². The van der Waals surface area contributed by atoms with Gasteiger partial charge in [-0.2, -0.15) is 0 Å². The number of benzene rings is 3. The molecule has 1 aromatic heterocycles. The minimum absolute atomic E-state index is 0.0682. The third-order valence-corrected chi connectivity index (χ3v) is 7.57. The Labute approximate surface area is 245 Å². The van der Waals surface area contributed by atoms with Crippen molar-refractivity contribution in [2.24, 2.45) is 4.99 Å². The van der Waals surface area contributed by atoms with E-state index in [-0.39, 0.29) is 17.9 Å². The lowest BCUT2D eigenvalue weighted by Crippen LogP contribution is -2.25. The van der Waals surface area contributed by atoms with Crippen LogP contribution in [0.1, 0.15) is 31.4 Å². The molecule has 222 valence electrons. The van der Waals surface area contributed by atoms with Gasteiger partial charge in [-0.1, -0.05) is 0 Å². The summed E-state index contributed by atoms with van der Waals surface area (Å²) in [5.41, 5.74) is 5.05. The third-order valence-electron chi connectivity index (χ3n) is 7.57. The summed E-state index contributed by atoms with van der Waals surface area (Å²) in [5.74, 6) is -0.823. The molecule has 11 heteroatoms. The number of hydrogen-bond donors (Lipinski definition) is 1. The maximum atomic E-state index is 14.5. The van der Waals surface area contributed by atoms with Crippen LogP contribution < -0.4 is 15.4 Å². The van der Waals surface area contributed by atoms with Gasteiger partial charge >= 0.3 is 6.36 Å². The minimum atomic E-state index is -4.82. The second kappa shape index (κ2) is 11.6. The van der Waals surface area contributed by atoms with Gasteiger partial charge in [0, 0.05) is 24.6 Å². The summed E-state index contributed by atoms with van der Waals surface area (Å²) < 4.78 is 64.4. The molecular formula is C32H29F4N5O2. The number of nitrogens with one attached hydrogen (secondary N) is 1. The number of pyridine rings is 1. The predicted molar refractivity (Wildman–Crippen MR) is 155 cm³/mol. The molecule has 2 aromatic carbocycles. The number of nitrogens with zero attached hydrogens (tertiary/aromatic N) is 4. The van der Waals surface area contributed by atoms with Gasteiger partial charge in [0.15, 0.2) is 0 Å². The molecule has 1 fully saturated rings. The normalized spacial score (nSPS) is 17.9. The second-order valence-corrected chi connectivity index (χ2v) is 10.6. The topological polar surface area (TPSA) is 73.6 Å². The monoisotopic (exact) mass is 591 g/mol. The summed E-state index contributed by atoms with van der Waals surface area (Å²) in [6.07, 6.45) is 0.684. The lowest BCUT2D eigenvalue weighted by molar-refractivity contribution is -0.274. The molecule has 6 rings (SSSR count). The SMILES string of the molecule is COC1CCC(/N=c2\cc3n(-c4ccc(OC(F)(F)F)cc4)c4cc(F)ccc4nc-3cc2Nc2ccc(C)nc2)CC1. The van der Waals surface area contributed by atoms with E-state index < -0.39 is 12.2 Å². The Hall–Kier alpha value is -4.51. The largest absolute Gasteiger partial charge is 0.573 e. The minimum Gasteiger partial charge on any atom is -0.406 e. The Morgan fingerprint density at radius 2 is 1.72 bits per heavy atom. The molecule has 1 N–H and O–H groups in total. The summed E-state index contributed by atoms with van der Waals surface area (Å²) in [7, 11) is 1.73. The maximum absolute atomic E-state index is 14.5. The second-order valence-electron chi connectivity index (χ2n) is 10.6. The van der Waals surface area contributed by atoms with Crippen LogP contribution in [0, 0.1) is 12.7 Å². The Balaban J connectivity index is 1.55. The van der Waals surface area contributed by atoms with Crippen LogP contribution in [0.4, 0.5) is 28.9 Å². The predicted octanol–water partition coefficient (Wildman–Crippen LogP) is 7.47. The number of alkyl halides is 3. The number of methoxy groups -OCH3 is 1. The molecule has 0 unspecified atom stereocenters. The molecule has 0 amide bonds. The van der Waals surface area contributed by atoms with Crippen LogP contribution in [0.2, 0.25) is 0 Å². The van der Waals surface area contributed by atoms with Gasteiger partial charge in [0.25, 0.3) is 0 Å². The molecule has 3 aliphatic rings. The number of aromatic nitrogens is 3. The van der Waals surface area contributed by atoms with Gasteiger partial charge in [0.1, 0.15) is 11.6 Å². The van der Waals surface area contributed by atoms with E-state index in [9.17, 15) is 17.6 Å². The molecule has 0 saturated heterocycles. The first-order chi connectivity index (χ1) is 20.6. The molecule has 0 spiro atoms. The van der Waals surface area contributed by atoms with Crippen LogP contribution in [0.3, 0.4) is 0 Å². The fourth-order valence-electron chi connectivity index (χ4n) is 5.45. The molecule has 7 nitrogen and oxygen atoms in total. The molecule has 2 aliphatic carbocycles. The van der Waals surface area contributed by atoms with Crippen molar-refractivity contribution in [2.75, 3.05) is 12.4 Å². The number of ether oxygens (including phenoxy) is 2. The summed E-state index contributed by atoms with van der Waals surface area (Å²) in [6, 6.07) is 17.4. The van der Waals surface area contributed by atoms with Gasteiger partial charge in [-0.05, 0) is 93.3 Å². The molecule has 0 radical (unpaired) electrons. The van der Waals surface area contributed by atoms with Crippen molar-refractivity contribution in [3.63, 3.8) is 0 Å². The van der Waals surface area contributed by atoms with Crippen molar-refractivity contribution in [2.45, 2.75) is 51.1 Å². The van der Waals surface area contributed by atoms with Gasteiger partial charge in [-0.25, -0.2) is 9.37 Å². The van der Waals surface area contributed by atoms with E-state index in [1.807, 2.05) is 31.2 Å². The highest BCUT2D eigenvalue weighted by molar-refractivity contribution is 5.84. The van der Waals surface area contributed by atoms with E-state index >= 15 is 0 Å². The Morgan fingerprint density at radius 1 is 0.953 bits per heavy atom. The fourth-order valence-corrected chi connectivity index (χ4v) is 5.45. The number of fused-ring (bicyclic) bond motifs is 2. The number of anilines is 2. The Bertz CT molecular complexity index is 1780. The van der Waals surface area contributed by atoms with E-state index in [1.165, 1.54) is 36.4 Å². The standard InChI is InChI=1S/C32H29F4N5O2/c1-19-3-5-22(18-37-19)39-27-16-29-31(17-28(27)38-21-6-10-24(42-2)11-7-21)41(30-15-20(33)4-14-26(30)40-29)23-8-12-25(13-9-23)43-32(34,35)36/h3-5,8-9,12-18,21,24,39H,6-7,10-11H2,1-2H3/b38-28+. The van der Waals surface area contributed by atoms with Crippen molar-refractivity contribution in [3.8, 4) is 22.8 Å². The van der Waals surface area contributed by atoms with E-state index in [2.05, 4.69) is 15.0 Å². The van der Waals surface area contributed by atoms with Gasteiger partial charge in [-0.15, -0.1) is 13.2 Å². The summed E-state index contributed by atoms with van der Waals surface area (Å²) in [4.78, 5) is 14.4. The lowest BCUT2D eigenvalue weighted by Gasteiger charge is -2.25. The number of rotatable bonds is 6. The number of halogens is 4. The van der Waals surface area contributed by atoms with E-state index in [1.54, 1.807) is 23.9 Å². The van der Waals surface area contributed by atoms with Gasteiger partial charge in [0.2, 0.25) is 0 Å². The van der Waals surface area contributed by atoms with Crippen molar-refractivity contribution in [1.82, 2.24) is 14.5 Å². The lowest BCUT2D eigenvalue weighted by atomic mass is 9.93. The van der Waals surface area contributed by atoms with Crippen LogP contribution in [0.25, 0.3) is 28.1 Å². The van der Waals surface area contributed by atoms with Gasteiger partial charge in [0.05, 0.1) is 57.5 Å². The number of aryl methyl sites for hydroxylation is 1. The van der Waals surface area contributed by atoms with E-state index in [4.69, 9.17) is 14.7 Å². The highest BCUT2D eigenvalue weighted by Crippen LogP contribution is 2.33. The average Bonchev–Trinajstić information content (AvgIpc) is 2.98. The van der Waals surface area contributed by atoms with Gasteiger partial charge in [-0.3, -0.25) is 9.98 Å². The average molecular weight is 592 g/mol. The van der Waals surface area contributed by atoms with Crippen molar-refractivity contribution in [1.29, 1.82) is 0 Å². The maximum Gasteiger partial charge on any atom is 0.573 e. The quantitative estimate of drug-likeness (QED) is 0.164. The third kappa shape index (κ3) is 6.46. The zero-order valence-electron chi connectivity index (χ0n) is 23.5. The molecule has 43 heavy (non-hydrogen) atoms. The first-order valence-electron chi connectivity index (χ1n) is 13.9. The summed E-state index contributed by atoms with van der Waals surface area (Å²) >= 11 is 0. The summed E-state index contributed by atoms with van der Waals surface area (Å²) in [6.45, 7) is 1.91. The van der Waals surface area contributed by atoms with Crippen LogP contribution in [-0.4, -0.2) is 40.2 Å². The van der Waals surface area contributed by atoms with Crippen molar-refractivity contribution in [3.05, 3.63) is 89.8 Å². The molecule has 1 aliphatic heterocycles. The fraction of sp³-hybridized carbons (Fsp3) is 0.281. The van der Waals surface area contributed by atoms with Gasteiger partial charge < -0.3 is 19.4 Å². The van der Waals surface area contributed by atoms with Crippen LogP contribution in [-0.2, 0) is 4.74 Å². The van der Waals surface area contributed by atoms with Crippen LogP contribution >= 0.6 is 0 Å². The summed E-state index contributed by atoms with van der Waals surface area (Å²) in [5, 5.41) is 4.11. The molecule has 0 bridgehead atoms. The van der Waals surface area contributed by atoms with Crippen LogP contribution in [0.15, 0.2) is 77.9 Å². The highest BCUT2D eigenvalue weighted by Gasteiger charge is 2.31. The zero-order chi connectivity index (χ0) is 30.1. The molecule has 1 saturated carbocycles. The Kier molecular flexibility index (Phi) is 7.74. The zero-order valence-corrected chi connectivity index (χ0v) is 23.5. The molecular weight excluding hydrogens is 562 g/mol. The first-order valence-corrected chi connectivity index (χ1v) is 13.9.